The molecular weight excluding hydrogens is 322 g/mol. The first-order chi connectivity index (χ1) is 11.3. The Morgan fingerprint density at radius 2 is 2.21 bits per heavy atom. The van der Waals surface area contributed by atoms with Crippen LogP contribution in [0.4, 0.5) is 5.95 Å². The summed E-state index contributed by atoms with van der Waals surface area (Å²) in [7, 11) is 2.19. The van der Waals surface area contributed by atoms with E-state index < -0.39 is 0 Å². The zero-order valence-electron chi connectivity index (χ0n) is 15.2. The Hall–Kier alpha value is -1.47. The van der Waals surface area contributed by atoms with E-state index >= 15 is 0 Å². The fraction of sp³-hybridized carbons (Fsp3) is 0.706. The molecule has 0 aromatic carbocycles. The van der Waals surface area contributed by atoms with Crippen LogP contribution in [0.15, 0.2) is 10.0 Å². The van der Waals surface area contributed by atoms with Crippen molar-refractivity contribution >= 4 is 17.3 Å². The number of rotatable bonds is 5. The highest BCUT2D eigenvalue weighted by Crippen LogP contribution is 2.26. The first-order valence-corrected chi connectivity index (χ1v) is 9.37. The standard InChI is InChI=1S/C17H27N5OS/c1-12-14(24-11-18-12)10-21(5)8-13-6-7-22(9-13)16-19-15(23-20-16)17(2,3)4/h11,13H,6-10H2,1-5H3/t13-/m1/s1. The number of anilines is 1. The zero-order chi connectivity index (χ0) is 17.3. The molecule has 132 valence electrons. The lowest BCUT2D eigenvalue weighted by molar-refractivity contribution is 0.281. The molecular formula is C17H27N5OS. The van der Waals surface area contributed by atoms with E-state index in [0.717, 1.165) is 37.8 Å². The van der Waals surface area contributed by atoms with Gasteiger partial charge in [-0.3, -0.25) is 0 Å². The number of aromatic nitrogens is 3. The predicted octanol–water partition coefficient (Wildman–Crippen LogP) is 3.09. The number of nitrogens with zero attached hydrogens (tertiary/aromatic N) is 5. The maximum atomic E-state index is 5.42. The highest BCUT2D eigenvalue weighted by atomic mass is 32.1. The van der Waals surface area contributed by atoms with Gasteiger partial charge in [0.2, 0.25) is 5.89 Å². The van der Waals surface area contributed by atoms with E-state index in [9.17, 15) is 0 Å². The third-order valence-corrected chi connectivity index (χ3v) is 5.37. The molecule has 1 aliphatic heterocycles. The molecule has 1 aliphatic rings. The average Bonchev–Trinajstić information content (AvgIpc) is 3.19. The molecule has 0 aliphatic carbocycles. The van der Waals surface area contributed by atoms with Crippen LogP contribution in [0.5, 0.6) is 0 Å². The van der Waals surface area contributed by atoms with Gasteiger partial charge in [-0.05, 0) is 31.5 Å². The smallest absolute Gasteiger partial charge is 0.266 e. The van der Waals surface area contributed by atoms with Crippen LogP contribution in [0.1, 0.15) is 43.7 Å². The lowest BCUT2D eigenvalue weighted by Crippen LogP contribution is -2.28. The van der Waals surface area contributed by atoms with Crippen LogP contribution in [0.25, 0.3) is 0 Å². The van der Waals surface area contributed by atoms with Crippen molar-refractivity contribution in [2.75, 3.05) is 31.6 Å². The average molecular weight is 350 g/mol. The van der Waals surface area contributed by atoms with Crippen molar-refractivity contribution in [2.45, 2.75) is 46.1 Å². The summed E-state index contributed by atoms with van der Waals surface area (Å²) in [4.78, 5) is 14.9. The Labute approximate surface area is 147 Å². The van der Waals surface area contributed by atoms with Gasteiger partial charge in [0.15, 0.2) is 0 Å². The zero-order valence-corrected chi connectivity index (χ0v) is 16.1. The van der Waals surface area contributed by atoms with Gasteiger partial charge in [-0.15, -0.1) is 11.3 Å². The summed E-state index contributed by atoms with van der Waals surface area (Å²) in [5, 5.41) is 4.17. The van der Waals surface area contributed by atoms with Crippen LogP contribution in [0.2, 0.25) is 0 Å². The van der Waals surface area contributed by atoms with Gasteiger partial charge in [0.1, 0.15) is 0 Å². The summed E-state index contributed by atoms with van der Waals surface area (Å²) in [6.45, 7) is 12.4. The van der Waals surface area contributed by atoms with E-state index in [-0.39, 0.29) is 5.41 Å². The third-order valence-electron chi connectivity index (χ3n) is 4.45. The van der Waals surface area contributed by atoms with Gasteiger partial charge in [-0.2, -0.15) is 4.98 Å². The molecule has 0 N–H and O–H groups in total. The fourth-order valence-electron chi connectivity index (χ4n) is 3.04. The molecule has 6 nitrogen and oxygen atoms in total. The molecule has 1 saturated heterocycles. The molecule has 1 atom stereocenters. The first-order valence-electron chi connectivity index (χ1n) is 8.49. The minimum absolute atomic E-state index is 0.100. The number of aryl methyl sites for hydroxylation is 1. The summed E-state index contributed by atoms with van der Waals surface area (Å²) in [5.41, 5.74) is 2.98. The van der Waals surface area contributed by atoms with E-state index in [1.54, 1.807) is 11.3 Å². The van der Waals surface area contributed by atoms with E-state index in [1.807, 2.05) is 5.51 Å². The van der Waals surface area contributed by atoms with Crippen LogP contribution >= 0.6 is 11.3 Å². The van der Waals surface area contributed by atoms with Crippen LogP contribution in [-0.2, 0) is 12.0 Å². The van der Waals surface area contributed by atoms with Gasteiger partial charge in [0.05, 0.1) is 11.2 Å². The van der Waals surface area contributed by atoms with Crippen molar-refractivity contribution < 1.29 is 4.52 Å². The molecule has 24 heavy (non-hydrogen) atoms. The second-order valence-electron chi connectivity index (χ2n) is 7.81. The summed E-state index contributed by atoms with van der Waals surface area (Å²) in [6.07, 6.45) is 1.17. The summed E-state index contributed by atoms with van der Waals surface area (Å²) in [6, 6.07) is 0. The van der Waals surface area contributed by atoms with E-state index in [4.69, 9.17) is 4.52 Å². The molecule has 3 heterocycles. The van der Waals surface area contributed by atoms with Gasteiger partial charge in [0.25, 0.3) is 5.95 Å². The van der Waals surface area contributed by atoms with Gasteiger partial charge in [-0.25, -0.2) is 4.98 Å². The van der Waals surface area contributed by atoms with Crippen molar-refractivity contribution in [3.63, 3.8) is 0 Å². The minimum atomic E-state index is -0.100. The van der Waals surface area contributed by atoms with Crippen molar-refractivity contribution in [1.29, 1.82) is 0 Å². The van der Waals surface area contributed by atoms with Gasteiger partial charge < -0.3 is 14.3 Å². The monoisotopic (exact) mass is 349 g/mol. The van der Waals surface area contributed by atoms with Crippen LogP contribution in [0, 0.1) is 12.8 Å². The molecule has 0 amide bonds. The lowest BCUT2D eigenvalue weighted by atomic mass is 9.97. The highest BCUT2D eigenvalue weighted by molar-refractivity contribution is 7.09. The fourth-order valence-corrected chi connectivity index (χ4v) is 3.90. The molecule has 0 unspecified atom stereocenters. The Kier molecular flexibility index (Phi) is 4.92. The number of hydrogen-bond acceptors (Lipinski definition) is 7. The Balaban J connectivity index is 1.53. The van der Waals surface area contributed by atoms with Crippen LogP contribution in [0.3, 0.4) is 0 Å². The molecule has 7 heteroatoms. The molecule has 3 rings (SSSR count). The molecule has 0 radical (unpaired) electrons. The molecule has 1 fully saturated rings. The minimum Gasteiger partial charge on any atom is -0.338 e. The van der Waals surface area contributed by atoms with E-state index in [2.05, 4.69) is 59.7 Å². The maximum absolute atomic E-state index is 5.42. The quantitative estimate of drug-likeness (QED) is 0.827. The van der Waals surface area contributed by atoms with Crippen molar-refractivity contribution in [3.8, 4) is 0 Å². The molecule has 0 saturated carbocycles. The van der Waals surface area contributed by atoms with E-state index in [1.165, 1.54) is 11.3 Å². The Bertz CT molecular complexity index is 675. The molecule has 0 bridgehead atoms. The normalized spacial score (nSPS) is 18.8. The maximum Gasteiger partial charge on any atom is 0.266 e. The Morgan fingerprint density at radius 3 is 2.83 bits per heavy atom. The lowest BCUT2D eigenvalue weighted by Gasteiger charge is -2.20. The topological polar surface area (TPSA) is 58.3 Å². The third kappa shape index (κ3) is 3.95. The van der Waals surface area contributed by atoms with Gasteiger partial charge in [0, 0.05) is 36.5 Å². The molecule has 2 aromatic rings. The molecule has 0 spiro atoms. The van der Waals surface area contributed by atoms with Gasteiger partial charge in [-0.1, -0.05) is 20.8 Å². The SMILES string of the molecule is Cc1ncsc1CN(C)C[C@H]1CCN(c2noc(C(C)(C)C)n2)C1. The summed E-state index contributed by atoms with van der Waals surface area (Å²) >= 11 is 1.74. The largest absolute Gasteiger partial charge is 0.338 e. The molecule has 2 aromatic heterocycles. The number of thiazole rings is 1. The highest BCUT2D eigenvalue weighted by Gasteiger charge is 2.29. The number of hydrogen-bond donors (Lipinski definition) is 0. The van der Waals surface area contributed by atoms with Crippen molar-refractivity contribution in [3.05, 3.63) is 22.0 Å². The predicted molar refractivity (Wildman–Crippen MR) is 96.5 cm³/mol. The second-order valence-corrected chi connectivity index (χ2v) is 8.75. The van der Waals surface area contributed by atoms with Gasteiger partial charge >= 0.3 is 0 Å². The second kappa shape index (κ2) is 6.80. The Morgan fingerprint density at radius 1 is 1.42 bits per heavy atom. The van der Waals surface area contributed by atoms with Crippen molar-refractivity contribution in [2.24, 2.45) is 5.92 Å². The van der Waals surface area contributed by atoms with E-state index in [0.29, 0.717) is 11.8 Å². The van der Waals surface area contributed by atoms with Crippen LogP contribution in [-0.4, -0.2) is 46.7 Å². The van der Waals surface area contributed by atoms with Crippen LogP contribution < -0.4 is 4.90 Å². The van der Waals surface area contributed by atoms with Crippen molar-refractivity contribution in [1.82, 2.24) is 20.0 Å². The summed E-state index contributed by atoms with van der Waals surface area (Å²) in [5.74, 6) is 2.09. The summed E-state index contributed by atoms with van der Waals surface area (Å²) < 4.78 is 5.42. The first kappa shape index (κ1) is 17.4.